The third-order valence-corrected chi connectivity index (χ3v) is 11.3. The lowest BCUT2D eigenvalue weighted by atomic mass is 10.1. The highest BCUT2D eigenvalue weighted by Gasteiger charge is 2.33. The number of hydrogen-bond donors (Lipinski definition) is 20. The first-order valence-electron chi connectivity index (χ1n) is 25.3. The van der Waals surface area contributed by atoms with E-state index in [9.17, 15) is 117 Å². The largest absolute Gasteiger partial charge is 0.481 e. The number of carboxylic acids is 9. The molecule has 0 rings (SSSR count). The van der Waals surface area contributed by atoms with Crippen LogP contribution in [0.5, 0.6) is 0 Å². The minimum atomic E-state index is -1.92. The summed E-state index contributed by atoms with van der Waals surface area (Å²) in [7, 11) is 0. The molecule has 10 amide bonds. The zero-order valence-electron chi connectivity index (χ0n) is 44.9. The quantitative estimate of drug-likeness (QED) is 0.0269. The smallest absolute Gasteiger partial charge is 0.326 e. The van der Waals surface area contributed by atoms with Crippen LogP contribution in [-0.2, 0) is 91.1 Å². The Kier molecular flexibility index (Phi) is 34.7. The molecule has 0 unspecified atom stereocenters. The van der Waals surface area contributed by atoms with Crippen molar-refractivity contribution in [2.45, 2.75) is 151 Å². The maximum Gasteiger partial charge on any atom is 0.326 e. The van der Waals surface area contributed by atoms with Gasteiger partial charge in [-0.25, -0.2) is 4.79 Å². The molecule has 0 aromatic carbocycles. The lowest BCUT2D eigenvalue weighted by Gasteiger charge is -2.24. The van der Waals surface area contributed by atoms with Gasteiger partial charge in [0.05, 0.1) is 25.7 Å². The molecule has 21 N–H and O–H groups in total. The molecule has 0 aliphatic carbocycles. The molecule has 0 heterocycles. The fourth-order valence-corrected chi connectivity index (χ4v) is 6.86. The van der Waals surface area contributed by atoms with Crippen molar-refractivity contribution in [2.75, 3.05) is 19.6 Å². The number of amides is 10. The molecule has 0 bridgehead atoms. The molecule has 0 aromatic rings. The molecule has 0 aromatic heterocycles. The molecular weight excluding hydrogens is 1150 g/mol. The van der Waals surface area contributed by atoms with Crippen LogP contribution in [0.2, 0.25) is 0 Å². The van der Waals surface area contributed by atoms with Crippen molar-refractivity contribution in [2.24, 2.45) is 5.73 Å². The fourth-order valence-electron chi connectivity index (χ4n) is 6.86. The molecule has 0 aliphatic heterocycles. The molecule has 474 valence electrons. The van der Waals surface area contributed by atoms with Crippen molar-refractivity contribution in [3.05, 3.63) is 0 Å². The average molecular weight is 1220 g/mol. The predicted octanol–water partition coefficient (Wildman–Crippen LogP) is -7.94. The number of carboxylic acid groups (broad SMARTS) is 9. The number of nitrogens with one attached hydrogen (secondary N) is 10. The van der Waals surface area contributed by atoms with Crippen molar-refractivity contribution >= 4 is 113 Å². The van der Waals surface area contributed by atoms with Gasteiger partial charge < -0.3 is 105 Å². The highest BCUT2D eigenvalue weighted by molar-refractivity contribution is 5.98. The van der Waals surface area contributed by atoms with Crippen LogP contribution in [0.3, 0.4) is 0 Å². The van der Waals surface area contributed by atoms with Crippen LogP contribution >= 0.6 is 0 Å². The van der Waals surface area contributed by atoms with Crippen LogP contribution in [0.25, 0.3) is 0 Å². The summed E-state index contributed by atoms with van der Waals surface area (Å²) in [5.74, 6) is -26.0. The Balaban J connectivity index is 6.28. The van der Waals surface area contributed by atoms with Crippen LogP contribution in [-0.4, -0.2) is 227 Å². The van der Waals surface area contributed by atoms with Gasteiger partial charge in [0.1, 0.15) is 42.3 Å². The monoisotopic (exact) mass is 1220 g/mol. The van der Waals surface area contributed by atoms with Gasteiger partial charge in [-0.3, -0.25) is 86.3 Å². The highest BCUT2D eigenvalue weighted by atomic mass is 16.4. The van der Waals surface area contributed by atoms with Gasteiger partial charge in [0.2, 0.25) is 59.1 Å². The predicted molar refractivity (Wildman–Crippen MR) is 273 cm³/mol. The molecule has 0 fully saturated rings. The van der Waals surface area contributed by atoms with Gasteiger partial charge in [0, 0.05) is 51.4 Å². The molecule has 39 nitrogen and oxygen atoms in total. The third-order valence-electron chi connectivity index (χ3n) is 11.3. The lowest BCUT2D eigenvalue weighted by molar-refractivity contribution is -0.144. The van der Waals surface area contributed by atoms with Crippen LogP contribution in [0.15, 0.2) is 0 Å². The van der Waals surface area contributed by atoms with Gasteiger partial charge in [0.15, 0.2) is 0 Å². The number of aliphatic carboxylic acids is 9. The second-order valence-electron chi connectivity index (χ2n) is 18.2. The van der Waals surface area contributed by atoms with E-state index < -0.39 is 277 Å². The van der Waals surface area contributed by atoms with Crippen molar-refractivity contribution < 1.29 is 137 Å². The van der Waals surface area contributed by atoms with E-state index in [4.69, 9.17) is 26.2 Å². The molecule has 85 heavy (non-hydrogen) atoms. The van der Waals surface area contributed by atoms with Gasteiger partial charge in [-0.2, -0.15) is 0 Å². The number of carbonyl (C=O) groups is 19. The molecule has 0 saturated heterocycles. The first-order chi connectivity index (χ1) is 39.6. The van der Waals surface area contributed by atoms with Crippen molar-refractivity contribution in [1.82, 2.24) is 53.2 Å². The number of carbonyl (C=O) groups excluding carboxylic acids is 10. The van der Waals surface area contributed by atoms with E-state index in [0.29, 0.717) is 0 Å². The van der Waals surface area contributed by atoms with Crippen molar-refractivity contribution in [3.63, 3.8) is 0 Å². The highest BCUT2D eigenvalue weighted by Crippen LogP contribution is 2.08. The van der Waals surface area contributed by atoms with Gasteiger partial charge in [0.25, 0.3) is 0 Å². The molecule has 39 heteroatoms. The first-order valence-corrected chi connectivity index (χ1v) is 25.3. The van der Waals surface area contributed by atoms with Gasteiger partial charge >= 0.3 is 53.7 Å². The molecular formula is C46H67N11O28. The van der Waals surface area contributed by atoms with Gasteiger partial charge in [-0.15, -0.1) is 0 Å². The topological polar surface area (TPSA) is 653 Å². The first kappa shape index (κ1) is 74.9. The Morgan fingerprint density at radius 3 is 0.659 bits per heavy atom. The Bertz CT molecular complexity index is 2510. The Labute approximate surface area is 478 Å². The SMILES string of the molecule is N[C@@H](CCC(=O)O)C(=O)N[C@@H](CCC(=O)O)C(=O)NCC(=O)N[C@@H](CCC(=O)O)C(=O)N[C@@H](CCC(=O)O)C(=O)NCC(=O)N[C@@H](CCC(=O)O)C(=O)N[C@@H](CCC(=O)O)C(=O)NCC(=O)N[C@@H](CCC(=O)O)C(=O)N[C@@H](CCC(=O)O)C(=O)O. The van der Waals surface area contributed by atoms with E-state index in [0.717, 1.165) is 0 Å². The number of rotatable bonds is 45. The Morgan fingerprint density at radius 2 is 0.435 bits per heavy atom. The maximum atomic E-state index is 13.5. The molecule has 0 saturated carbocycles. The summed E-state index contributed by atoms with van der Waals surface area (Å²) in [6, 6.07) is -14.3. The number of nitrogens with two attached hydrogens (primary N) is 1. The molecule has 0 spiro atoms. The van der Waals surface area contributed by atoms with E-state index in [2.05, 4.69) is 31.9 Å². The van der Waals surface area contributed by atoms with E-state index >= 15 is 0 Å². The normalized spacial score (nSPS) is 13.4. The second-order valence-corrected chi connectivity index (χ2v) is 18.2. The Hall–Kier alpha value is -10.1. The zero-order chi connectivity index (χ0) is 65.1. The zero-order valence-corrected chi connectivity index (χ0v) is 44.9. The summed E-state index contributed by atoms with van der Waals surface area (Å²) < 4.78 is 0. The summed E-state index contributed by atoms with van der Waals surface area (Å²) >= 11 is 0. The molecule has 0 radical (unpaired) electrons. The second kappa shape index (κ2) is 39.3. The van der Waals surface area contributed by atoms with Gasteiger partial charge in [-0.1, -0.05) is 0 Å². The van der Waals surface area contributed by atoms with Crippen LogP contribution in [0.1, 0.15) is 103 Å². The third kappa shape index (κ3) is 34.7. The van der Waals surface area contributed by atoms with E-state index in [1.807, 2.05) is 21.3 Å². The summed E-state index contributed by atoms with van der Waals surface area (Å²) in [4.78, 5) is 233. The number of hydrogen-bond acceptors (Lipinski definition) is 20. The average Bonchev–Trinajstić information content (AvgIpc) is 3.57. The Morgan fingerprint density at radius 1 is 0.247 bits per heavy atom. The van der Waals surface area contributed by atoms with E-state index in [-0.39, 0.29) is 6.42 Å². The van der Waals surface area contributed by atoms with Crippen LogP contribution in [0, 0.1) is 0 Å². The molecule has 8 atom stereocenters. The summed E-state index contributed by atoms with van der Waals surface area (Å²) in [5.41, 5.74) is 5.65. The van der Waals surface area contributed by atoms with E-state index in [1.54, 1.807) is 0 Å². The fraction of sp³-hybridized carbons (Fsp3) is 0.587. The summed E-state index contributed by atoms with van der Waals surface area (Å²) in [6.07, 6.45) is -11.3. The minimum absolute atomic E-state index is 0.383. The summed E-state index contributed by atoms with van der Waals surface area (Å²) in [6.45, 7) is -3.25. The van der Waals surface area contributed by atoms with E-state index in [1.165, 1.54) is 0 Å². The molecule has 0 aliphatic rings. The van der Waals surface area contributed by atoms with Crippen LogP contribution < -0.4 is 58.9 Å². The summed E-state index contributed by atoms with van der Waals surface area (Å²) in [5, 5.41) is 103. The van der Waals surface area contributed by atoms with Crippen molar-refractivity contribution in [1.29, 1.82) is 0 Å². The minimum Gasteiger partial charge on any atom is -0.481 e. The van der Waals surface area contributed by atoms with Crippen molar-refractivity contribution in [3.8, 4) is 0 Å². The standard InChI is InChI=1S/C46H67N11O28/c47-20(1-9-31(61)62)39(77)54-21(2-10-32(63)64)40(78)48-17-28(58)51-24(5-13-35(69)70)43(81)55-22(3-11-33(65)66)41(79)49-18-29(59)52-25(6-14-36(71)72)44(82)56-23(4-12-34(67)68)42(80)50-19-30(60)53-26(7-15-37(73)74)45(83)57-27(46(84)85)8-16-38(75)76/h20-27H,1-19,47H2,(H,48,78)(H,49,79)(H,50,80)(H,51,58)(H,52,59)(H,53,60)(H,54,77)(H,55,81)(H,56,82)(H,57,83)(H,61,62)(H,63,64)(H,65,66)(H,67,68)(H,69,70)(H,71,72)(H,73,74)(H,75,76)(H,84,85)/t20-,21-,22-,23-,24-,25-,26-,27-/m0/s1. The lowest BCUT2D eigenvalue weighted by Crippen LogP contribution is -2.57. The van der Waals surface area contributed by atoms with Gasteiger partial charge in [-0.05, 0) is 51.4 Å². The van der Waals surface area contributed by atoms with Crippen LogP contribution in [0.4, 0.5) is 0 Å². The maximum absolute atomic E-state index is 13.5.